The van der Waals surface area contributed by atoms with Gasteiger partial charge in [-0.3, -0.25) is 0 Å². The number of nitrogens with zero attached hydrogens (tertiary/aromatic N) is 3. The summed E-state index contributed by atoms with van der Waals surface area (Å²) in [4.78, 5) is 3.94. The molecular weight excluding hydrogens is 309 g/mol. The van der Waals surface area contributed by atoms with E-state index >= 15 is 0 Å². The lowest BCUT2D eigenvalue weighted by Gasteiger charge is -2.35. The summed E-state index contributed by atoms with van der Waals surface area (Å²) in [6.45, 7) is 2.39. The lowest BCUT2D eigenvalue weighted by Crippen LogP contribution is -2.39. The average molecular weight is 326 g/mol. The van der Waals surface area contributed by atoms with Crippen molar-refractivity contribution in [1.29, 1.82) is 0 Å². The Hall–Kier alpha value is -1.10. The third-order valence-corrected chi connectivity index (χ3v) is 4.90. The van der Waals surface area contributed by atoms with Gasteiger partial charge in [0, 0.05) is 15.6 Å². The van der Waals surface area contributed by atoms with E-state index in [1.54, 1.807) is 29.2 Å². The minimum absolute atomic E-state index is 0.0837. The van der Waals surface area contributed by atoms with Gasteiger partial charge in [-0.25, -0.2) is 9.67 Å². The van der Waals surface area contributed by atoms with Gasteiger partial charge in [-0.1, -0.05) is 36.2 Å². The molecule has 1 aromatic heterocycles. The van der Waals surface area contributed by atoms with E-state index in [-0.39, 0.29) is 5.92 Å². The summed E-state index contributed by atoms with van der Waals surface area (Å²) in [5.74, 6) is 0.602. The van der Waals surface area contributed by atoms with E-state index in [2.05, 4.69) is 17.0 Å². The molecule has 0 amide bonds. The van der Waals surface area contributed by atoms with Crippen molar-refractivity contribution in [3.8, 4) is 0 Å². The molecule has 2 atom stereocenters. The molecular formula is C15H17Cl2N3O. The van der Waals surface area contributed by atoms with Crippen LogP contribution in [0.5, 0.6) is 0 Å². The van der Waals surface area contributed by atoms with Crippen LogP contribution in [0.3, 0.4) is 0 Å². The van der Waals surface area contributed by atoms with Gasteiger partial charge in [0.15, 0.2) is 0 Å². The van der Waals surface area contributed by atoms with Gasteiger partial charge in [-0.2, -0.15) is 5.10 Å². The highest BCUT2D eigenvalue weighted by molar-refractivity contribution is 6.35. The van der Waals surface area contributed by atoms with Crippen LogP contribution in [0.25, 0.3) is 0 Å². The molecule has 1 N–H and O–H groups in total. The zero-order valence-electron chi connectivity index (χ0n) is 11.7. The molecule has 0 spiro atoms. The summed E-state index contributed by atoms with van der Waals surface area (Å²) < 4.78 is 1.64. The number of aliphatic hydroxyl groups is 1. The first-order valence-corrected chi connectivity index (χ1v) is 7.76. The Morgan fingerprint density at radius 1 is 1.43 bits per heavy atom. The average Bonchev–Trinajstić information content (AvgIpc) is 3.16. The second kappa shape index (κ2) is 5.59. The van der Waals surface area contributed by atoms with Gasteiger partial charge in [0.25, 0.3) is 0 Å². The Labute approximate surface area is 133 Å². The molecule has 0 bridgehead atoms. The topological polar surface area (TPSA) is 50.9 Å². The van der Waals surface area contributed by atoms with Crippen LogP contribution in [0.15, 0.2) is 30.9 Å². The molecule has 0 saturated heterocycles. The van der Waals surface area contributed by atoms with Gasteiger partial charge in [0.2, 0.25) is 0 Å². The van der Waals surface area contributed by atoms with Gasteiger partial charge in [-0.05, 0) is 36.8 Å². The number of aromatic nitrogens is 3. The van der Waals surface area contributed by atoms with E-state index in [0.717, 1.165) is 12.8 Å². The molecule has 21 heavy (non-hydrogen) atoms. The Balaban J connectivity index is 2.01. The molecule has 1 heterocycles. The summed E-state index contributed by atoms with van der Waals surface area (Å²) in [6.07, 6.45) is 5.36. The summed E-state index contributed by atoms with van der Waals surface area (Å²) in [7, 11) is 0. The van der Waals surface area contributed by atoms with Crippen LogP contribution in [0.4, 0.5) is 0 Å². The van der Waals surface area contributed by atoms with E-state index in [9.17, 15) is 5.11 Å². The van der Waals surface area contributed by atoms with E-state index in [1.165, 1.54) is 6.33 Å². The highest BCUT2D eigenvalue weighted by Gasteiger charge is 2.45. The normalized spacial score (nSPS) is 19.2. The molecule has 1 aromatic carbocycles. The predicted octanol–water partition coefficient (Wildman–Crippen LogP) is 3.52. The summed E-state index contributed by atoms with van der Waals surface area (Å²) in [6, 6.07) is 5.24. The second-order valence-corrected chi connectivity index (χ2v) is 6.61. The molecule has 112 valence electrons. The molecule has 1 saturated carbocycles. The Kier molecular flexibility index (Phi) is 3.95. The quantitative estimate of drug-likeness (QED) is 0.915. The van der Waals surface area contributed by atoms with Crippen LogP contribution in [0.2, 0.25) is 10.0 Å². The molecule has 1 aliphatic carbocycles. The first-order valence-electron chi connectivity index (χ1n) is 7.01. The van der Waals surface area contributed by atoms with Crippen molar-refractivity contribution in [2.24, 2.45) is 11.8 Å². The van der Waals surface area contributed by atoms with Gasteiger partial charge in [-0.15, -0.1) is 0 Å². The predicted molar refractivity (Wildman–Crippen MR) is 82.3 cm³/mol. The first-order chi connectivity index (χ1) is 10.0. The molecule has 2 aromatic rings. The fourth-order valence-electron chi connectivity index (χ4n) is 2.86. The van der Waals surface area contributed by atoms with E-state index < -0.39 is 5.60 Å². The Morgan fingerprint density at radius 2 is 2.19 bits per heavy atom. The maximum atomic E-state index is 11.4. The van der Waals surface area contributed by atoms with Crippen LogP contribution >= 0.6 is 23.2 Å². The molecule has 0 radical (unpaired) electrons. The number of rotatable bonds is 5. The molecule has 1 aliphatic rings. The standard InChI is InChI=1S/C15H17Cl2N3O/c1-10(11-2-3-11)15(21,7-20-9-18-8-19-20)13-5-4-12(16)6-14(13)17/h4-6,8-11,21H,2-3,7H2,1H3. The highest BCUT2D eigenvalue weighted by atomic mass is 35.5. The van der Waals surface area contributed by atoms with Crippen molar-refractivity contribution in [2.75, 3.05) is 0 Å². The zero-order valence-corrected chi connectivity index (χ0v) is 13.2. The lowest BCUT2D eigenvalue weighted by atomic mass is 9.79. The fourth-order valence-corrected chi connectivity index (χ4v) is 3.43. The van der Waals surface area contributed by atoms with Crippen LogP contribution < -0.4 is 0 Å². The SMILES string of the molecule is CC(C1CC1)C(O)(Cn1cncn1)c1ccc(Cl)cc1Cl. The number of hydrogen-bond acceptors (Lipinski definition) is 3. The molecule has 0 aliphatic heterocycles. The van der Waals surface area contributed by atoms with E-state index in [1.807, 2.05) is 0 Å². The van der Waals surface area contributed by atoms with Gasteiger partial charge in [0.1, 0.15) is 18.3 Å². The maximum Gasteiger partial charge on any atom is 0.137 e. The van der Waals surface area contributed by atoms with Crippen LogP contribution in [-0.4, -0.2) is 19.9 Å². The zero-order chi connectivity index (χ0) is 15.0. The van der Waals surface area contributed by atoms with Crippen molar-refractivity contribution < 1.29 is 5.11 Å². The Morgan fingerprint density at radius 3 is 2.76 bits per heavy atom. The second-order valence-electron chi connectivity index (χ2n) is 5.77. The monoisotopic (exact) mass is 325 g/mol. The van der Waals surface area contributed by atoms with Crippen molar-refractivity contribution in [3.63, 3.8) is 0 Å². The summed E-state index contributed by atoms with van der Waals surface area (Å²) in [5, 5.41) is 16.5. The van der Waals surface area contributed by atoms with Crippen molar-refractivity contribution in [2.45, 2.75) is 31.9 Å². The molecule has 1 fully saturated rings. The summed E-state index contributed by atoms with van der Waals surface area (Å²) >= 11 is 12.3. The number of halogens is 2. The fraction of sp³-hybridized carbons (Fsp3) is 0.467. The molecule has 6 heteroatoms. The van der Waals surface area contributed by atoms with Gasteiger partial charge >= 0.3 is 0 Å². The first kappa shape index (κ1) is 14.8. The molecule has 2 unspecified atom stereocenters. The van der Waals surface area contributed by atoms with Gasteiger partial charge in [0.05, 0.1) is 6.54 Å². The minimum atomic E-state index is -1.09. The van der Waals surface area contributed by atoms with Crippen LogP contribution in [0.1, 0.15) is 25.3 Å². The van der Waals surface area contributed by atoms with E-state index in [4.69, 9.17) is 23.2 Å². The van der Waals surface area contributed by atoms with E-state index in [0.29, 0.717) is 28.1 Å². The summed E-state index contributed by atoms with van der Waals surface area (Å²) in [5.41, 5.74) is -0.389. The third-order valence-electron chi connectivity index (χ3n) is 4.35. The van der Waals surface area contributed by atoms with Crippen LogP contribution in [0, 0.1) is 11.8 Å². The largest absolute Gasteiger partial charge is 0.383 e. The highest BCUT2D eigenvalue weighted by Crippen LogP contribution is 2.48. The molecule has 4 nitrogen and oxygen atoms in total. The van der Waals surface area contributed by atoms with Crippen molar-refractivity contribution in [3.05, 3.63) is 46.5 Å². The number of hydrogen-bond donors (Lipinski definition) is 1. The minimum Gasteiger partial charge on any atom is -0.383 e. The lowest BCUT2D eigenvalue weighted by molar-refractivity contribution is -0.0441. The van der Waals surface area contributed by atoms with Gasteiger partial charge < -0.3 is 5.11 Å². The maximum absolute atomic E-state index is 11.4. The van der Waals surface area contributed by atoms with Crippen LogP contribution in [-0.2, 0) is 12.1 Å². The molecule has 3 rings (SSSR count). The van der Waals surface area contributed by atoms with Crippen molar-refractivity contribution >= 4 is 23.2 Å². The third kappa shape index (κ3) is 2.93. The number of benzene rings is 1. The smallest absolute Gasteiger partial charge is 0.137 e. The Bertz CT molecular complexity index is 628. The van der Waals surface area contributed by atoms with Crippen molar-refractivity contribution in [1.82, 2.24) is 14.8 Å².